The molecule has 0 saturated carbocycles. The van der Waals surface area contributed by atoms with Crippen molar-refractivity contribution in [3.05, 3.63) is 17.7 Å². The fourth-order valence-electron chi connectivity index (χ4n) is 2.29. The van der Waals surface area contributed by atoms with Crippen LogP contribution in [0.15, 0.2) is 12.1 Å². The first-order valence-electron chi connectivity index (χ1n) is 5.81. The summed E-state index contributed by atoms with van der Waals surface area (Å²) in [5.41, 5.74) is 0.687. The van der Waals surface area contributed by atoms with Crippen LogP contribution in [0.2, 0.25) is 0 Å². The van der Waals surface area contributed by atoms with Gasteiger partial charge in [-0.25, -0.2) is 4.79 Å². The van der Waals surface area contributed by atoms with Crippen LogP contribution >= 0.6 is 0 Å². The van der Waals surface area contributed by atoms with E-state index in [1.807, 2.05) is 0 Å². The molecular weight excluding hydrogens is 250 g/mol. The third-order valence-corrected chi connectivity index (χ3v) is 3.19. The number of benzene rings is 1. The molecule has 0 fully saturated rings. The lowest BCUT2D eigenvalue weighted by Crippen LogP contribution is -2.43. The van der Waals surface area contributed by atoms with Gasteiger partial charge in [-0.05, 0) is 13.0 Å². The molecule has 1 aromatic rings. The number of hydrogen-bond acceptors (Lipinski definition) is 4. The quantitative estimate of drug-likeness (QED) is 0.886. The van der Waals surface area contributed by atoms with Crippen LogP contribution < -0.4 is 14.4 Å². The summed E-state index contributed by atoms with van der Waals surface area (Å²) >= 11 is 0. The molecule has 1 atom stereocenters. The molecule has 19 heavy (non-hydrogen) atoms. The van der Waals surface area contributed by atoms with Crippen molar-refractivity contribution in [2.75, 3.05) is 19.1 Å². The molecule has 0 aliphatic carbocycles. The Bertz CT molecular complexity index is 540. The van der Waals surface area contributed by atoms with Crippen molar-refractivity contribution in [2.45, 2.75) is 19.4 Å². The monoisotopic (exact) mass is 265 g/mol. The van der Waals surface area contributed by atoms with E-state index in [0.29, 0.717) is 22.7 Å². The zero-order chi connectivity index (χ0) is 14.2. The van der Waals surface area contributed by atoms with Gasteiger partial charge in [0.1, 0.15) is 0 Å². The van der Waals surface area contributed by atoms with Crippen LogP contribution in [-0.2, 0) is 0 Å². The zero-order valence-corrected chi connectivity index (χ0v) is 11.0. The molecule has 0 saturated heterocycles. The smallest absolute Gasteiger partial charge is 0.412 e. The maximum absolute atomic E-state index is 12.0. The van der Waals surface area contributed by atoms with E-state index < -0.39 is 12.1 Å². The second-order valence-corrected chi connectivity index (χ2v) is 4.35. The van der Waals surface area contributed by atoms with Gasteiger partial charge < -0.3 is 14.6 Å². The second-order valence-electron chi connectivity index (χ2n) is 4.35. The number of nitrogens with zero attached hydrogens (tertiary/aromatic N) is 1. The Labute approximate surface area is 110 Å². The van der Waals surface area contributed by atoms with Crippen molar-refractivity contribution in [3.8, 4) is 11.5 Å². The van der Waals surface area contributed by atoms with Crippen LogP contribution in [-0.4, -0.2) is 37.2 Å². The van der Waals surface area contributed by atoms with E-state index >= 15 is 0 Å². The van der Waals surface area contributed by atoms with E-state index in [1.165, 1.54) is 31.3 Å². The van der Waals surface area contributed by atoms with Crippen LogP contribution in [0.5, 0.6) is 11.5 Å². The lowest BCUT2D eigenvalue weighted by atomic mass is 9.95. The largest absolute Gasteiger partial charge is 0.493 e. The van der Waals surface area contributed by atoms with Crippen LogP contribution in [0.25, 0.3) is 0 Å². The Morgan fingerprint density at radius 2 is 1.89 bits per heavy atom. The van der Waals surface area contributed by atoms with Crippen molar-refractivity contribution in [1.29, 1.82) is 0 Å². The number of amides is 1. The summed E-state index contributed by atoms with van der Waals surface area (Å²) in [6.45, 7) is 1.70. The average Bonchev–Trinajstić information content (AvgIpc) is 2.36. The van der Waals surface area contributed by atoms with E-state index in [-0.39, 0.29) is 12.2 Å². The van der Waals surface area contributed by atoms with Gasteiger partial charge in [0.25, 0.3) is 0 Å². The van der Waals surface area contributed by atoms with Gasteiger partial charge >= 0.3 is 6.09 Å². The highest BCUT2D eigenvalue weighted by Gasteiger charge is 2.34. The first-order chi connectivity index (χ1) is 8.99. The van der Waals surface area contributed by atoms with E-state index in [9.17, 15) is 14.7 Å². The van der Waals surface area contributed by atoms with E-state index in [2.05, 4.69) is 0 Å². The van der Waals surface area contributed by atoms with Gasteiger partial charge in [-0.1, -0.05) is 0 Å². The molecule has 0 spiro atoms. The minimum absolute atomic E-state index is 0.0963. The number of ketones is 1. The third-order valence-electron chi connectivity index (χ3n) is 3.19. The predicted octanol–water partition coefficient (Wildman–Crippen LogP) is 2.16. The van der Waals surface area contributed by atoms with Crippen molar-refractivity contribution in [1.82, 2.24) is 0 Å². The fraction of sp³-hybridized carbons (Fsp3) is 0.385. The van der Waals surface area contributed by atoms with Crippen LogP contribution in [0.4, 0.5) is 10.5 Å². The lowest BCUT2D eigenvalue weighted by molar-refractivity contribution is 0.0968. The molecule has 0 radical (unpaired) electrons. The average molecular weight is 265 g/mol. The number of carboxylic acid groups (broad SMARTS) is 1. The number of fused-ring (bicyclic) bond motifs is 1. The van der Waals surface area contributed by atoms with Gasteiger partial charge in [0.2, 0.25) is 0 Å². The molecule has 1 heterocycles. The van der Waals surface area contributed by atoms with Gasteiger partial charge in [-0.2, -0.15) is 0 Å². The Balaban J connectivity index is 2.64. The summed E-state index contributed by atoms with van der Waals surface area (Å²) in [7, 11) is 2.93. The number of methoxy groups -OCH3 is 2. The predicted molar refractivity (Wildman–Crippen MR) is 68.5 cm³/mol. The molecule has 1 amide bonds. The molecule has 6 heteroatoms. The zero-order valence-electron chi connectivity index (χ0n) is 11.0. The highest BCUT2D eigenvalue weighted by atomic mass is 16.5. The van der Waals surface area contributed by atoms with E-state index in [4.69, 9.17) is 9.47 Å². The second kappa shape index (κ2) is 4.79. The Morgan fingerprint density at radius 1 is 1.32 bits per heavy atom. The first-order valence-corrected chi connectivity index (χ1v) is 5.81. The molecule has 1 aliphatic rings. The standard InChI is InChI=1S/C13H15NO5/c1-7-4-10(15)8-5-11(18-2)12(19-3)6-9(8)14(7)13(16)17/h5-7H,4H2,1-3H3,(H,16,17). The van der Waals surface area contributed by atoms with Gasteiger partial charge in [-0.15, -0.1) is 0 Å². The van der Waals surface area contributed by atoms with Crippen molar-refractivity contribution in [3.63, 3.8) is 0 Å². The van der Waals surface area contributed by atoms with Crippen LogP contribution in [0.1, 0.15) is 23.7 Å². The van der Waals surface area contributed by atoms with Gasteiger partial charge in [0.15, 0.2) is 17.3 Å². The number of Topliss-reactive ketones (excluding diaryl/α,β-unsaturated/α-hetero) is 1. The summed E-state index contributed by atoms with van der Waals surface area (Å²) in [6, 6.07) is 2.66. The molecule has 1 aliphatic heterocycles. The minimum Gasteiger partial charge on any atom is -0.493 e. The number of anilines is 1. The Morgan fingerprint density at radius 3 is 2.42 bits per heavy atom. The van der Waals surface area contributed by atoms with Crippen LogP contribution in [0, 0.1) is 0 Å². The van der Waals surface area contributed by atoms with Gasteiger partial charge in [-0.3, -0.25) is 9.69 Å². The lowest BCUT2D eigenvalue weighted by Gasteiger charge is -2.32. The van der Waals surface area contributed by atoms with Crippen molar-refractivity contribution < 1.29 is 24.2 Å². The van der Waals surface area contributed by atoms with Crippen LogP contribution in [0.3, 0.4) is 0 Å². The molecule has 102 valence electrons. The molecular formula is C13H15NO5. The van der Waals surface area contributed by atoms with Crippen molar-refractivity contribution >= 4 is 17.6 Å². The van der Waals surface area contributed by atoms with E-state index in [0.717, 1.165) is 0 Å². The molecule has 1 unspecified atom stereocenters. The first kappa shape index (κ1) is 13.2. The number of carbonyl (C=O) groups is 2. The highest BCUT2D eigenvalue weighted by molar-refractivity contribution is 6.08. The Kier molecular flexibility index (Phi) is 3.33. The maximum Gasteiger partial charge on any atom is 0.412 e. The fourth-order valence-corrected chi connectivity index (χ4v) is 2.29. The molecule has 0 bridgehead atoms. The maximum atomic E-state index is 12.0. The molecule has 6 nitrogen and oxygen atoms in total. The van der Waals surface area contributed by atoms with Crippen molar-refractivity contribution in [2.24, 2.45) is 0 Å². The topological polar surface area (TPSA) is 76.1 Å². The SMILES string of the molecule is COc1cc2c(cc1OC)N(C(=O)O)C(C)CC2=O. The molecule has 1 N–H and O–H groups in total. The number of rotatable bonds is 2. The third kappa shape index (κ3) is 2.09. The van der Waals surface area contributed by atoms with Gasteiger partial charge in [0.05, 0.1) is 19.9 Å². The van der Waals surface area contributed by atoms with E-state index in [1.54, 1.807) is 6.92 Å². The highest BCUT2D eigenvalue weighted by Crippen LogP contribution is 2.39. The molecule has 0 aromatic heterocycles. The normalized spacial score (nSPS) is 17.9. The summed E-state index contributed by atoms with van der Waals surface area (Å²) in [5.74, 6) is 0.713. The Hall–Kier alpha value is -2.24. The number of carbonyl (C=O) groups excluding carboxylic acids is 1. The summed E-state index contributed by atoms with van der Waals surface area (Å²) < 4.78 is 10.3. The van der Waals surface area contributed by atoms with Gasteiger partial charge in [0, 0.05) is 24.1 Å². The molecule has 1 aromatic carbocycles. The minimum atomic E-state index is -1.09. The summed E-state index contributed by atoms with van der Waals surface area (Å²) in [4.78, 5) is 24.5. The number of hydrogen-bond donors (Lipinski definition) is 1. The summed E-state index contributed by atoms with van der Waals surface area (Å²) in [6.07, 6.45) is -0.928. The molecule has 2 rings (SSSR count). The number of ether oxygens (including phenoxy) is 2. The summed E-state index contributed by atoms with van der Waals surface area (Å²) in [5, 5.41) is 9.27.